The molecule has 114 valence electrons. The number of carbonyl (C=O) groups excluding carboxylic acids is 1. The number of anilines is 1. The quantitative estimate of drug-likeness (QED) is 0.509. The maximum atomic E-state index is 11.4. The van der Waals surface area contributed by atoms with E-state index in [0.717, 1.165) is 25.1 Å². The van der Waals surface area contributed by atoms with Crippen LogP contribution in [-0.4, -0.2) is 30.2 Å². The van der Waals surface area contributed by atoms with Gasteiger partial charge in [-0.1, -0.05) is 0 Å². The molecule has 0 radical (unpaired) electrons. The highest BCUT2D eigenvalue weighted by Gasteiger charge is 2.21. The number of nitrogens with zero attached hydrogens (tertiary/aromatic N) is 2. The molecule has 2 rings (SSSR count). The molecule has 1 aromatic carbocycles. The van der Waals surface area contributed by atoms with E-state index in [2.05, 4.69) is 16.8 Å². The predicted octanol–water partition coefficient (Wildman–Crippen LogP) is 2.39. The number of halogens is 1. The van der Waals surface area contributed by atoms with E-state index < -0.39 is 5.91 Å². The maximum absolute atomic E-state index is 11.4. The largest absolute Gasteiger partial charge is 0.386 e. The summed E-state index contributed by atoms with van der Waals surface area (Å²) in [7, 11) is 0. The zero-order valence-corrected chi connectivity index (χ0v) is 12.9. The second-order valence-corrected chi connectivity index (χ2v) is 5.61. The number of amidine groups is 1. The van der Waals surface area contributed by atoms with Crippen molar-refractivity contribution in [1.82, 2.24) is 0 Å². The van der Waals surface area contributed by atoms with Crippen LogP contribution in [0.15, 0.2) is 23.2 Å². The molecule has 1 heterocycles. The number of alkyl halides is 1. The zero-order chi connectivity index (χ0) is 15.4. The fraction of sp³-hybridized carbons (Fsp3) is 0.467. The van der Waals surface area contributed by atoms with Crippen LogP contribution < -0.4 is 16.4 Å². The highest BCUT2D eigenvalue weighted by molar-refractivity contribution is 6.28. The molecule has 0 aromatic heterocycles. The van der Waals surface area contributed by atoms with Gasteiger partial charge in [0, 0.05) is 18.2 Å². The van der Waals surface area contributed by atoms with E-state index >= 15 is 0 Å². The number of benzene rings is 1. The Balaban J connectivity index is 2.45. The fourth-order valence-corrected chi connectivity index (χ4v) is 2.71. The van der Waals surface area contributed by atoms with Crippen molar-refractivity contribution in [2.24, 2.45) is 16.5 Å². The first-order valence-corrected chi connectivity index (χ1v) is 7.66. The Hall–Kier alpha value is -1.75. The van der Waals surface area contributed by atoms with Gasteiger partial charge in [-0.15, -0.1) is 11.6 Å². The zero-order valence-electron chi connectivity index (χ0n) is 12.2. The highest BCUT2D eigenvalue weighted by atomic mass is 35.5. The summed E-state index contributed by atoms with van der Waals surface area (Å²) in [6, 6.07) is 5.74. The summed E-state index contributed by atoms with van der Waals surface area (Å²) in [6.45, 7) is 3.17. The second-order valence-electron chi connectivity index (χ2n) is 5.34. The lowest BCUT2D eigenvalue weighted by molar-refractivity contribution is 0.100. The lowest BCUT2D eigenvalue weighted by Crippen LogP contribution is -2.37. The van der Waals surface area contributed by atoms with Crippen LogP contribution in [0.5, 0.6) is 0 Å². The molecule has 0 aliphatic carbocycles. The first kappa shape index (κ1) is 15.6. The Bertz CT molecular complexity index is 559. The number of piperidine rings is 1. The van der Waals surface area contributed by atoms with Crippen molar-refractivity contribution in [3.8, 4) is 0 Å². The van der Waals surface area contributed by atoms with Crippen LogP contribution in [0.3, 0.4) is 0 Å². The average Bonchev–Trinajstić information content (AvgIpc) is 2.47. The van der Waals surface area contributed by atoms with Crippen LogP contribution in [0.25, 0.3) is 0 Å². The van der Waals surface area contributed by atoms with Gasteiger partial charge in [-0.05, 0) is 44.4 Å². The van der Waals surface area contributed by atoms with Crippen molar-refractivity contribution in [2.75, 3.05) is 17.3 Å². The Kier molecular flexibility index (Phi) is 5.07. The van der Waals surface area contributed by atoms with Crippen molar-refractivity contribution in [3.63, 3.8) is 0 Å². The first-order chi connectivity index (χ1) is 10.0. The minimum atomic E-state index is -0.478. The third-order valence-corrected chi connectivity index (χ3v) is 4.05. The second kappa shape index (κ2) is 6.80. The number of hydrogen-bond acceptors (Lipinski definition) is 3. The van der Waals surface area contributed by atoms with E-state index in [1.807, 2.05) is 6.07 Å². The Morgan fingerprint density at radius 2 is 2.19 bits per heavy atom. The summed E-state index contributed by atoms with van der Waals surface area (Å²) in [5.41, 5.74) is 13.1. The third kappa shape index (κ3) is 3.67. The maximum Gasteiger partial charge on any atom is 0.248 e. The lowest BCUT2D eigenvalue weighted by atomic mass is 10.0. The van der Waals surface area contributed by atoms with Gasteiger partial charge in [-0.25, -0.2) is 4.99 Å². The molecular weight excluding hydrogens is 288 g/mol. The van der Waals surface area contributed by atoms with Crippen molar-refractivity contribution in [3.05, 3.63) is 23.8 Å². The summed E-state index contributed by atoms with van der Waals surface area (Å²) in [6.07, 6.45) is 3.53. The summed E-state index contributed by atoms with van der Waals surface area (Å²) in [5.74, 6) is -0.00571. The van der Waals surface area contributed by atoms with Crippen molar-refractivity contribution >= 4 is 34.7 Å². The summed E-state index contributed by atoms with van der Waals surface area (Å²) in [5, 5.41) is 0. The Labute approximate surface area is 130 Å². The van der Waals surface area contributed by atoms with Crippen LogP contribution in [0.2, 0.25) is 0 Å². The number of carbonyl (C=O) groups is 1. The van der Waals surface area contributed by atoms with E-state index in [0.29, 0.717) is 23.1 Å². The number of amides is 1. The molecule has 0 spiro atoms. The molecule has 21 heavy (non-hydrogen) atoms. The van der Waals surface area contributed by atoms with Crippen LogP contribution in [0.1, 0.15) is 36.5 Å². The van der Waals surface area contributed by atoms with Gasteiger partial charge in [0.15, 0.2) is 0 Å². The predicted molar refractivity (Wildman–Crippen MR) is 87.6 cm³/mol. The minimum Gasteiger partial charge on any atom is -0.386 e. The standard InChI is InChI=1S/C15H21ClN4O/c1-10-4-2-3-7-20(10)13-6-5-11(15(18)21)8-12(13)19-14(17)9-16/h5-6,8,10H,2-4,7,9H2,1H3,(H2,17,19)(H2,18,21). The lowest BCUT2D eigenvalue weighted by Gasteiger charge is -2.36. The molecule has 1 saturated heterocycles. The number of rotatable bonds is 4. The molecule has 1 aromatic rings. The molecule has 6 heteroatoms. The van der Waals surface area contributed by atoms with Crippen LogP contribution >= 0.6 is 11.6 Å². The normalized spacial score (nSPS) is 19.6. The molecule has 1 aliphatic heterocycles. The van der Waals surface area contributed by atoms with Gasteiger partial charge in [-0.2, -0.15) is 0 Å². The van der Waals surface area contributed by atoms with Gasteiger partial charge in [0.05, 0.1) is 17.3 Å². The van der Waals surface area contributed by atoms with Crippen molar-refractivity contribution in [2.45, 2.75) is 32.2 Å². The van der Waals surface area contributed by atoms with E-state index in [1.165, 1.54) is 6.42 Å². The van der Waals surface area contributed by atoms with Gasteiger partial charge < -0.3 is 16.4 Å². The molecular formula is C15H21ClN4O. The van der Waals surface area contributed by atoms with Gasteiger partial charge in [0.25, 0.3) is 0 Å². The molecule has 0 saturated carbocycles. The molecule has 1 aliphatic rings. The monoisotopic (exact) mass is 308 g/mol. The SMILES string of the molecule is CC1CCCCN1c1ccc(C(N)=O)cc1N=C(N)CCl. The number of nitrogens with two attached hydrogens (primary N) is 2. The van der Waals surface area contributed by atoms with Crippen LogP contribution in [0.4, 0.5) is 11.4 Å². The number of hydrogen-bond donors (Lipinski definition) is 2. The van der Waals surface area contributed by atoms with E-state index in [4.69, 9.17) is 23.1 Å². The highest BCUT2D eigenvalue weighted by Crippen LogP contribution is 2.34. The first-order valence-electron chi connectivity index (χ1n) is 7.12. The molecule has 1 fully saturated rings. The number of primary amides is 1. The topological polar surface area (TPSA) is 84.7 Å². The van der Waals surface area contributed by atoms with E-state index in [-0.39, 0.29) is 5.88 Å². The Morgan fingerprint density at radius 1 is 1.43 bits per heavy atom. The summed E-state index contributed by atoms with van der Waals surface area (Å²) >= 11 is 5.71. The van der Waals surface area contributed by atoms with Crippen molar-refractivity contribution in [1.29, 1.82) is 0 Å². The molecule has 1 amide bonds. The third-order valence-electron chi connectivity index (χ3n) is 3.77. The van der Waals surface area contributed by atoms with Gasteiger partial charge in [0.1, 0.15) is 5.84 Å². The molecule has 1 unspecified atom stereocenters. The van der Waals surface area contributed by atoms with Crippen molar-refractivity contribution < 1.29 is 4.79 Å². The van der Waals surface area contributed by atoms with Gasteiger partial charge in [-0.3, -0.25) is 4.79 Å². The van der Waals surface area contributed by atoms with Crippen LogP contribution in [-0.2, 0) is 0 Å². The van der Waals surface area contributed by atoms with Gasteiger partial charge >= 0.3 is 0 Å². The molecule has 1 atom stereocenters. The Morgan fingerprint density at radius 3 is 2.81 bits per heavy atom. The molecule has 4 N–H and O–H groups in total. The average molecular weight is 309 g/mol. The van der Waals surface area contributed by atoms with E-state index in [1.54, 1.807) is 12.1 Å². The summed E-state index contributed by atoms with van der Waals surface area (Å²) in [4.78, 5) is 18.0. The van der Waals surface area contributed by atoms with E-state index in [9.17, 15) is 4.79 Å². The summed E-state index contributed by atoms with van der Waals surface area (Å²) < 4.78 is 0. The van der Waals surface area contributed by atoms with Gasteiger partial charge in [0.2, 0.25) is 5.91 Å². The minimum absolute atomic E-state index is 0.149. The smallest absolute Gasteiger partial charge is 0.248 e. The van der Waals surface area contributed by atoms with Crippen LogP contribution in [0, 0.1) is 0 Å². The molecule has 0 bridgehead atoms. The number of aliphatic imine (C=N–C) groups is 1. The fourth-order valence-electron chi connectivity index (χ4n) is 2.65. The molecule has 5 nitrogen and oxygen atoms in total.